The maximum Gasteiger partial charge on any atom is 0.227 e. The van der Waals surface area contributed by atoms with E-state index in [9.17, 15) is 4.79 Å². The van der Waals surface area contributed by atoms with Gasteiger partial charge in [0.1, 0.15) is 5.65 Å². The fraction of sp³-hybridized carbons (Fsp3) is 0.429. The largest absolute Gasteiger partial charge is 0.343 e. The number of carbonyl (C=O) groups is 1. The standard InChI is InChI=1S/C14H19N3O/c1-4-17(5-2)13(18)9-11-10-16(3)14-12(11)7-6-8-15-14/h6-8,10H,4-5,9H2,1-3H3. The van der Waals surface area contributed by atoms with Crippen LogP contribution in [0, 0.1) is 0 Å². The smallest absolute Gasteiger partial charge is 0.227 e. The summed E-state index contributed by atoms with van der Waals surface area (Å²) in [7, 11) is 1.96. The van der Waals surface area contributed by atoms with Gasteiger partial charge in [-0.25, -0.2) is 4.98 Å². The van der Waals surface area contributed by atoms with Crippen molar-refractivity contribution in [3.05, 3.63) is 30.1 Å². The van der Waals surface area contributed by atoms with Crippen LogP contribution in [-0.4, -0.2) is 33.4 Å². The highest BCUT2D eigenvalue weighted by molar-refractivity contribution is 5.87. The molecule has 4 nitrogen and oxygen atoms in total. The SMILES string of the molecule is CCN(CC)C(=O)Cc1cn(C)c2ncccc12. The Hall–Kier alpha value is -1.84. The predicted octanol–water partition coefficient (Wildman–Crippen LogP) is 1.98. The number of nitrogens with zero attached hydrogens (tertiary/aromatic N) is 3. The van der Waals surface area contributed by atoms with Crippen LogP contribution in [0.5, 0.6) is 0 Å². The van der Waals surface area contributed by atoms with Crippen LogP contribution in [-0.2, 0) is 18.3 Å². The number of amides is 1. The van der Waals surface area contributed by atoms with Crippen molar-refractivity contribution >= 4 is 16.9 Å². The number of likely N-dealkylation sites (N-methyl/N-ethyl adjacent to an activating group) is 1. The first-order chi connectivity index (χ1) is 8.67. The second-order valence-corrected chi connectivity index (χ2v) is 4.38. The highest BCUT2D eigenvalue weighted by Gasteiger charge is 2.14. The Morgan fingerprint density at radius 1 is 1.39 bits per heavy atom. The van der Waals surface area contributed by atoms with Crippen LogP contribution in [0.2, 0.25) is 0 Å². The van der Waals surface area contributed by atoms with Gasteiger partial charge in [0.15, 0.2) is 0 Å². The molecule has 1 amide bonds. The molecule has 0 spiro atoms. The Balaban J connectivity index is 2.30. The van der Waals surface area contributed by atoms with Crippen molar-refractivity contribution in [3.63, 3.8) is 0 Å². The number of fused-ring (bicyclic) bond motifs is 1. The maximum absolute atomic E-state index is 12.1. The molecule has 0 aliphatic rings. The molecule has 0 atom stereocenters. The van der Waals surface area contributed by atoms with Crippen molar-refractivity contribution in [1.82, 2.24) is 14.5 Å². The van der Waals surface area contributed by atoms with Crippen molar-refractivity contribution in [3.8, 4) is 0 Å². The summed E-state index contributed by atoms with van der Waals surface area (Å²) in [5, 5.41) is 1.07. The van der Waals surface area contributed by atoms with E-state index in [2.05, 4.69) is 4.98 Å². The summed E-state index contributed by atoms with van der Waals surface area (Å²) < 4.78 is 1.97. The topological polar surface area (TPSA) is 38.1 Å². The lowest BCUT2D eigenvalue weighted by Gasteiger charge is -2.18. The number of carbonyl (C=O) groups excluding carboxylic acids is 1. The van der Waals surface area contributed by atoms with Gasteiger partial charge in [0.25, 0.3) is 0 Å². The molecular weight excluding hydrogens is 226 g/mol. The highest BCUT2D eigenvalue weighted by atomic mass is 16.2. The fourth-order valence-electron chi connectivity index (χ4n) is 2.29. The van der Waals surface area contributed by atoms with Gasteiger partial charge in [-0.05, 0) is 31.5 Å². The van der Waals surface area contributed by atoms with Gasteiger partial charge in [-0.3, -0.25) is 4.79 Å². The molecule has 0 radical (unpaired) electrons. The Morgan fingerprint density at radius 3 is 2.78 bits per heavy atom. The first kappa shape index (κ1) is 12.6. The molecule has 0 aromatic carbocycles. The van der Waals surface area contributed by atoms with Gasteiger partial charge in [-0.1, -0.05) is 0 Å². The third kappa shape index (κ3) is 2.23. The van der Waals surface area contributed by atoms with Crippen LogP contribution in [0.25, 0.3) is 11.0 Å². The van der Waals surface area contributed by atoms with E-state index >= 15 is 0 Å². The summed E-state index contributed by atoms with van der Waals surface area (Å²) in [4.78, 5) is 18.3. The molecule has 0 aliphatic carbocycles. The second-order valence-electron chi connectivity index (χ2n) is 4.38. The van der Waals surface area contributed by atoms with Gasteiger partial charge in [-0.2, -0.15) is 0 Å². The Morgan fingerprint density at radius 2 is 2.11 bits per heavy atom. The van der Waals surface area contributed by atoms with E-state index in [0.717, 1.165) is 29.7 Å². The van der Waals surface area contributed by atoms with E-state index in [1.165, 1.54) is 0 Å². The molecular formula is C14H19N3O. The molecule has 0 N–H and O–H groups in total. The van der Waals surface area contributed by atoms with Gasteiger partial charge in [0, 0.05) is 37.9 Å². The van der Waals surface area contributed by atoms with Crippen LogP contribution in [0.15, 0.2) is 24.5 Å². The molecule has 0 saturated heterocycles. The lowest BCUT2D eigenvalue weighted by molar-refractivity contribution is -0.130. The van der Waals surface area contributed by atoms with E-state index in [-0.39, 0.29) is 5.91 Å². The first-order valence-corrected chi connectivity index (χ1v) is 6.34. The lowest BCUT2D eigenvalue weighted by Crippen LogP contribution is -2.31. The highest BCUT2D eigenvalue weighted by Crippen LogP contribution is 2.19. The molecule has 0 aliphatic heterocycles. The third-order valence-corrected chi connectivity index (χ3v) is 3.27. The number of rotatable bonds is 4. The van der Waals surface area contributed by atoms with Gasteiger partial charge in [0.05, 0.1) is 6.42 Å². The van der Waals surface area contributed by atoms with Crippen LogP contribution in [0.1, 0.15) is 19.4 Å². The van der Waals surface area contributed by atoms with Crippen LogP contribution in [0.4, 0.5) is 0 Å². The molecule has 2 rings (SSSR count). The molecule has 96 valence electrons. The third-order valence-electron chi connectivity index (χ3n) is 3.27. The van der Waals surface area contributed by atoms with Crippen molar-refractivity contribution in [2.24, 2.45) is 7.05 Å². The Bertz CT molecular complexity index is 555. The summed E-state index contributed by atoms with van der Waals surface area (Å²) in [6.07, 6.45) is 4.22. The molecule has 0 unspecified atom stereocenters. The number of hydrogen-bond acceptors (Lipinski definition) is 2. The summed E-state index contributed by atoms with van der Waals surface area (Å²) >= 11 is 0. The lowest BCUT2D eigenvalue weighted by atomic mass is 10.1. The summed E-state index contributed by atoms with van der Waals surface area (Å²) in [5.41, 5.74) is 1.98. The second kappa shape index (κ2) is 5.21. The quantitative estimate of drug-likeness (QED) is 0.826. The number of pyridine rings is 1. The number of aryl methyl sites for hydroxylation is 1. The Labute approximate surface area is 107 Å². The number of hydrogen-bond donors (Lipinski definition) is 0. The molecule has 0 bridgehead atoms. The zero-order chi connectivity index (χ0) is 13.1. The van der Waals surface area contributed by atoms with Crippen molar-refractivity contribution in [2.45, 2.75) is 20.3 Å². The minimum Gasteiger partial charge on any atom is -0.343 e. The van der Waals surface area contributed by atoms with Gasteiger partial charge in [-0.15, -0.1) is 0 Å². The van der Waals surface area contributed by atoms with E-state index < -0.39 is 0 Å². The van der Waals surface area contributed by atoms with Crippen molar-refractivity contribution in [1.29, 1.82) is 0 Å². The zero-order valence-electron chi connectivity index (χ0n) is 11.2. The molecule has 4 heteroatoms. The Kier molecular flexibility index (Phi) is 3.65. The fourth-order valence-corrected chi connectivity index (χ4v) is 2.29. The van der Waals surface area contributed by atoms with Crippen molar-refractivity contribution < 1.29 is 4.79 Å². The average Bonchev–Trinajstić information content (AvgIpc) is 2.69. The molecule has 0 saturated carbocycles. The molecule has 2 aromatic heterocycles. The van der Waals surface area contributed by atoms with E-state index in [4.69, 9.17) is 0 Å². The molecule has 2 heterocycles. The minimum atomic E-state index is 0.177. The minimum absolute atomic E-state index is 0.177. The summed E-state index contributed by atoms with van der Waals surface area (Å²) in [5.74, 6) is 0.177. The van der Waals surface area contributed by atoms with Crippen LogP contribution >= 0.6 is 0 Å². The normalized spacial score (nSPS) is 10.8. The van der Waals surface area contributed by atoms with E-state index in [1.54, 1.807) is 6.20 Å². The molecule has 2 aromatic rings. The average molecular weight is 245 g/mol. The van der Waals surface area contributed by atoms with Crippen LogP contribution < -0.4 is 0 Å². The van der Waals surface area contributed by atoms with Gasteiger partial charge < -0.3 is 9.47 Å². The zero-order valence-corrected chi connectivity index (χ0v) is 11.2. The van der Waals surface area contributed by atoms with Gasteiger partial charge >= 0.3 is 0 Å². The van der Waals surface area contributed by atoms with Gasteiger partial charge in [0.2, 0.25) is 5.91 Å². The maximum atomic E-state index is 12.1. The van der Waals surface area contributed by atoms with E-state index in [0.29, 0.717) is 6.42 Å². The van der Waals surface area contributed by atoms with Crippen LogP contribution in [0.3, 0.4) is 0 Å². The predicted molar refractivity (Wildman–Crippen MR) is 72.3 cm³/mol. The summed E-state index contributed by atoms with van der Waals surface area (Å²) in [6.45, 7) is 5.54. The van der Waals surface area contributed by atoms with E-state index in [1.807, 2.05) is 48.7 Å². The first-order valence-electron chi connectivity index (χ1n) is 6.34. The summed E-state index contributed by atoms with van der Waals surface area (Å²) in [6, 6.07) is 3.93. The van der Waals surface area contributed by atoms with Crippen molar-refractivity contribution in [2.75, 3.05) is 13.1 Å². The monoisotopic (exact) mass is 245 g/mol. The number of aromatic nitrogens is 2. The molecule has 18 heavy (non-hydrogen) atoms. The molecule has 0 fully saturated rings.